The zero-order chi connectivity index (χ0) is 18.5. The predicted molar refractivity (Wildman–Crippen MR) is 98.5 cm³/mol. The van der Waals surface area contributed by atoms with Gasteiger partial charge in [0.2, 0.25) is 5.91 Å². The maximum absolute atomic E-state index is 13.0. The third-order valence-electron chi connectivity index (χ3n) is 5.19. The molecule has 0 saturated carbocycles. The number of carbonyl (C=O) groups excluding carboxylic acids is 2. The molecule has 2 fully saturated rings. The molecule has 0 aliphatic carbocycles. The van der Waals surface area contributed by atoms with Crippen LogP contribution in [-0.4, -0.2) is 73.5 Å². The number of carbonyl (C=O) groups is 2. The molecule has 0 bridgehead atoms. The number of rotatable bonds is 7. The number of piperazine rings is 1. The Labute approximate surface area is 153 Å². The van der Waals surface area contributed by atoms with Gasteiger partial charge in [0.1, 0.15) is 5.82 Å². The lowest BCUT2D eigenvalue weighted by Crippen LogP contribution is -2.47. The Kier molecular flexibility index (Phi) is 6.34. The zero-order valence-electron chi connectivity index (χ0n) is 15.3. The number of benzene rings is 1. The van der Waals surface area contributed by atoms with E-state index in [1.54, 1.807) is 0 Å². The van der Waals surface area contributed by atoms with Crippen LogP contribution in [-0.2, 0) is 9.59 Å². The maximum atomic E-state index is 13.0. The second-order valence-corrected chi connectivity index (χ2v) is 6.88. The number of amides is 2. The fourth-order valence-electron chi connectivity index (χ4n) is 3.56. The molecule has 2 amide bonds. The maximum Gasteiger partial charge on any atom is 0.251 e. The molecule has 2 aliphatic heterocycles. The van der Waals surface area contributed by atoms with Gasteiger partial charge in [-0.1, -0.05) is 6.92 Å². The Morgan fingerprint density at radius 1 is 1.08 bits per heavy atom. The second-order valence-electron chi connectivity index (χ2n) is 6.88. The fourth-order valence-corrected chi connectivity index (χ4v) is 3.56. The van der Waals surface area contributed by atoms with Gasteiger partial charge in [0, 0.05) is 26.2 Å². The van der Waals surface area contributed by atoms with E-state index in [1.165, 1.54) is 24.3 Å². The summed E-state index contributed by atoms with van der Waals surface area (Å²) in [6.45, 7) is 9.42. The molecule has 142 valence electrons. The van der Waals surface area contributed by atoms with Crippen molar-refractivity contribution in [1.29, 1.82) is 0 Å². The SMILES string of the molecule is CCN1CCN(CCCN[C@H]2CC(=O)N(c3ccc(F)cc3)C2=O)CC1. The van der Waals surface area contributed by atoms with Crippen molar-refractivity contribution in [3.63, 3.8) is 0 Å². The minimum atomic E-state index is -0.482. The van der Waals surface area contributed by atoms with Gasteiger partial charge in [-0.15, -0.1) is 0 Å². The van der Waals surface area contributed by atoms with Gasteiger partial charge in [-0.3, -0.25) is 9.59 Å². The van der Waals surface area contributed by atoms with E-state index in [4.69, 9.17) is 0 Å². The van der Waals surface area contributed by atoms with Gasteiger partial charge >= 0.3 is 0 Å². The molecule has 1 aromatic carbocycles. The van der Waals surface area contributed by atoms with Gasteiger partial charge in [-0.05, 0) is 50.3 Å². The van der Waals surface area contributed by atoms with Gasteiger partial charge in [-0.25, -0.2) is 9.29 Å². The minimum absolute atomic E-state index is 0.158. The predicted octanol–water partition coefficient (Wildman–Crippen LogP) is 1.07. The first kappa shape index (κ1) is 18.9. The van der Waals surface area contributed by atoms with Crippen molar-refractivity contribution in [2.45, 2.75) is 25.8 Å². The summed E-state index contributed by atoms with van der Waals surface area (Å²) in [5.41, 5.74) is 0.430. The van der Waals surface area contributed by atoms with E-state index >= 15 is 0 Å². The molecule has 0 radical (unpaired) electrons. The first-order valence-corrected chi connectivity index (χ1v) is 9.39. The number of anilines is 1. The van der Waals surface area contributed by atoms with Crippen LogP contribution < -0.4 is 10.2 Å². The molecule has 0 aromatic heterocycles. The number of nitrogens with zero attached hydrogens (tertiary/aromatic N) is 3. The summed E-state index contributed by atoms with van der Waals surface area (Å²) in [5, 5.41) is 3.21. The van der Waals surface area contributed by atoms with Gasteiger partial charge in [0.15, 0.2) is 0 Å². The third kappa shape index (κ3) is 4.47. The van der Waals surface area contributed by atoms with Crippen molar-refractivity contribution in [3.8, 4) is 0 Å². The van der Waals surface area contributed by atoms with E-state index in [9.17, 15) is 14.0 Å². The van der Waals surface area contributed by atoms with Gasteiger partial charge in [-0.2, -0.15) is 0 Å². The number of halogens is 1. The Morgan fingerprint density at radius 3 is 2.38 bits per heavy atom. The summed E-state index contributed by atoms with van der Waals surface area (Å²) >= 11 is 0. The normalized spacial score (nSPS) is 22.4. The highest BCUT2D eigenvalue weighted by Crippen LogP contribution is 2.23. The van der Waals surface area contributed by atoms with Crippen LogP contribution in [0, 0.1) is 5.82 Å². The average molecular weight is 362 g/mol. The lowest BCUT2D eigenvalue weighted by atomic mass is 10.2. The van der Waals surface area contributed by atoms with Crippen LogP contribution in [0.5, 0.6) is 0 Å². The van der Waals surface area contributed by atoms with E-state index in [0.29, 0.717) is 12.2 Å². The van der Waals surface area contributed by atoms with Crippen molar-refractivity contribution in [3.05, 3.63) is 30.1 Å². The molecule has 7 heteroatoms. The first-order valence-electron chi connectivity index (χ1n) is 9.39. The van der Waals surface area contributed by atoms with Crippen LogP contribution >= 0.6 is 0 Å². The summed E-state index contributed by atoms with van der Waals surface area (Å²) in [6, 6.07) is 4.96. The van der Waals surface area contributed by atoms with Gasteiger partial charge in [0.25, 0.3) is 5.91 Å². The zero-order valence-corrected chi connectivity index (χ0v) is 15.3. The largest absolute Gasteiger partial charge is 0.305 e. The lowest BCUT2D eigenvalue weighted by molar-refractivity contribution is -0.121. The van der Waals surface area contributed by atoms with E-state index in [0.717, 1.165) is 50.6 Å². The van der Waals surface area contributed by atoms with Crippen LogP contribution in [0.1, 0.15) is 19.8 Å². The summed E-state index contributed by atoms with van der Waals surface area (Å²) in [5.74, 6) is -0.879. The standard InChI is InChI=1S/C19H27FN4O2/c1-2-22-10-12-23(13-11-22)9-3-8-21-17-14-18(25)24(19(17)26)16-6-4-15(20)5-7-16/h4-7,17,21H,2-3,8-14H2,1H3/t17-/m0/s1. The topological polar surface area (TPSA) is 55.9 Å². The molecule has 0 unspecified atom stereocenters. The molecule has 2 heterocycles. The number of imide groups is 1. The summed E-state index contributed by atoms with van der Waals surface area (Å²) in [4.78, 5) is 30.7. The highest BCUT2D eigenvalue weighted by Gasteiger charge is 2.39. The first-order chi connectivity index (χ1) is 12.6. The molecule has 2 saturated heterocycles. The fraction of sp³-hybridized carbons (Fsp3) is 0.579. The van der Waals surface area contributed by atoms with Crippen LogP contribution in [0.3, 0.4) is 0 Å². The lowest BCUT2D eigenvalue weighted by Gasteiger charge is -2.34. The summed E-state index contributed by atoms with van der Waals surface area (Å²) in [6.07, 6.45) is 1.10. The van der Waals surface area contributed by atoms with Gasteiger partial charge < -0.3 is 15.1 Å². The Bertz CT molecular complexity index is 629. The molecule has 1 atom stereocenters. The highest BCUT2D eigenvalue weighted by molar-refractivity contribution is 6.22. The summed E-state index contributed by atoms with van der Waals surface area (Å²) < 4.78 is 13.0. The molecule has 3 rings (SSSR count). The molecular formula is C19H27FN4O2. The molecule has 0 spiro atoms. The Balaban J connectivity index is 1.42. The van der Waals surface area contributed by atoms with Crippen LogP contribution in [0.25, 0.3) is 0 Å². The third-order valence-corrected chi connectivity index (χ3v) is 5.19. The Hall–Kier alpha value is -1.83. The number of hydrogen-bond acceptors (Lipinski definition) is 5. The molecule has 1 N–H and O–H groups in total. The number of nitrogens with one attached hydrogen (secondary N) is 1. The highest BCUT2D eigenvalue weighted by atomic mass is 19.1. The van der Waals surface area contributed by atoms with Crippen LogP contribution in [0.2, 0.25) is 0 Å². The summed E-state index contributed by atoms with van der Waals surface area (Å²) in [7, 11) is 0. The quantitative estimate of drug-likeness (QED) is 0.581. The molecule has 1 aromatic rings. The second kappa shape index (κ2) is 8.70. The average Bonchev–Trinajstić information content (AvgIpc) is 2.94. The number of hydrogen-bond donors (Lipinski definition) is 1. The van der Waals surface area contributed by atoms with Crippen molar-refractivity contribution >= 4 is 17.5 Å². The monoisotopic (exact) mass is 362 g/mol. The van der Waals surface area contributed by atoms with Crippen LogP contribution in [0.4, 0.5) is 10.1 Å². The van der Waals surface area contributed by atoms with Crippen LogP contribution in [0.15, 0.2) is 24.3 Å². The smallest absolute Gasteiger partial charge is 0.251 e. The van der Waals surface area contributed by atoms with Crippen molar-refractivity contribution in [1.82, 2.24) is 15.1 Å². The van der Waals surface area contributed by atoms with E-state index in [1.807, 2.05) is 0 Å². The van der Waals surface area contributed by atoms with E-state index < -0.39 is 6.04 Å². The minimum Gasteiger partial charge on any atom is -0.305 e. The molecule has 26 heavy (non-hydrogen) atoms. The van der Waals surface area contributed by atoms with E-state index in [-0.39, 0.29) is 24.1 Å². The Morgan fingerprint density at radius 2 is 1.73 bits per heavy atom. The van der Waals surface area contributed by atoms with E-state index in [2.05, 4.69) is 22.0 Å². The number of likely N-dealkylation sites (N-methyl/N-ethyl adjacent to an activating group) is 1. The molecule has 2 aliphatic rings. The molecular weight excluding hydrogens is 335 g/mol. The van der Waals surface area contributed by atoms with Crippen molar-refractivity contribution in [2.24, 2.45) is 0 Å². The van der Waals surface area contributed by atoms with Crippen molar-refractivity contribution in [2.75, 3.05) is 50.7 Å². The van der Waals surface area contributed by atoms with Crippen molar-refractivity contribution < 1.29 is 14.0 Å². The molecule has 6 nitrogen and oxygen atoms in total. The van der Waals surface area contributed by atoms with Gasteiger partial charge in [0.05, 0.1) is 18.2 Å².